The summed E-state index contributed by atoms with van der Waals surface area (Å²) in [4.78, 5) is 14.3. The molecule has 2 aliphatic carbocycles. The lowest BCUT2D eigenvalue weighted by atomic mass is 9.91. The molecule has 150 valence electrons. The Labute approximate surface area is 170 Å². The van der Waals surface area contributed by atoms with Crippen molar-refractivity contribution in [1.82, 2.24) is 14.9 Å². The van der Waals surface area contributed by atoms with Crippen molar-refractivity contribution in [3.63, 3.8) is 0 Å². The summed E-state index contributed by atoms with van der Waals surface area (Å²) in [6.07, 6.45) is 12.0. The molecule has 0 unspecified atom stereocenters. The number of allylic oxidation sites excluding steroid dienone is 1. The lowest BCUT2D eigenvalue weighted by Gasteiger charge is -2.38. The third-order valence-electron chi connectivity index (χ3n) is 6.63. The van der Waals surface area contributed by atoms with Crippen LogP contribution in [0.3, 0.4) is 0 Å². The predicted molar refractivity (Wildman–Crippen MR) is 112 cm³/mol. The number of aromatic nitrogens is 2. The van der Waals surface area contributed by atoms with Gasteiger partial charge in [-0.1, -0.05) is 6.08 Å². The van der Waals surface area contributed by atoms with E-state index in [2.05, 4.69) is 21.4 Å². The van der Waals surface area contributed by atoms with E-state index in [1.165, 1.54) is 35.1 Å². The van der Waals surface area contributed by atoms with Gasteiger partial charge < -0.3 is 9.47 Å². The molecular weight excluding hydrogens is 370 g/mol. The second-order valence-electron chi connectivity index (χ2n) is 8.25. The van der Waals surface area contributed by atoms with Gasteiger partial charge in [-0.3, -0.25) is 4.90 Å². The van der Waals surface area contributed by atoms with Crippen LogP contribution in [0.4, 0.5) is 0 Å². The summed E-state index contributed by atoms with van der Waals surface area (Å²) in [6.45, 7) is 7.87. The quantitative estimate of drug-likeness (QED) is 0.701. The van der Waals surface area contributed by atoms with Crippen LogP contribution in [0.1, 0.15) is 54.9 Å². The number of nitrogens with zero attached hydrogens (tertiary/aromatic N) is 3. The zero-order valence-corrected chi connectivity index (χ0v) is 17.3. The SMILES string of the molecule is C=CC[C@H]1CCc2sc3ncnc(OC4CCC(N5CCOCC5)CC4)c3c21. The molecule has 0 bridgehead atoms. The van der Waals surface area contributed by atoms with Crippen LogP contribution in [0.25, 0.3) is 10.2 Å². The molecule has 2 aromatic heterocycles. The summed E-state index contributed by atoms with van der Waals surface area (Å²) in [5.41, 5.74) is 1.44. The first-order valence-corrected chi connectivity index (χ1v) is 11.5. The Kier molecular flexibility index (Phi) is 5.35. The van der Waals surface area contributed by atoms with Crippen molar-refractivity contribution in [3.05, 3.63) is 29.4 Å². The molecule has 5 nitrogen and oxygen atoms in total. The molecule has 6 heteroatoms. The third-order valence-corrected chi connectivity index (χ3v) is 7.80. The molecule has 1 aliphatic heterocycles. The molecule has 1 saturated carbocycles. The third kappa shape index (κ3) is 3.46. The molecule has 3 heterocycles. The van der Waals surface area contributed by atoms with Crippen LogP contribution in [-0.2, 0) is 11.2 Å². The van der Waals surface area contributed by atoms with E-state index < -0.39 is 0 Å². The van der Waals surface area contributed by atoms with Crippen LogP contribution in [-0.4, -0.2) is 53.3 Å². The van der Waals surface area contributed by atoms with Gasteiger partial charge in [-0.25, -0.2) is 9.97 Å². The van der Waals surface area contributed by atoms with Crippen LogP contribution < -0.4 is 4.74 Å². The van der Waals surface area contributed by atoms with Crippen molar-refractivity contribution in [3.8, 4) is 5.88 Å². The molecule has 28 heavy (non-hydrogen) atoms. The second-order valence-corrected chi connectivity index (χ2v) is 9.34. The molecule has 0 spiro atoms. The van der Waals surface area contributed by atoms with Gasteiger partial charge in [0, 0.05) is 24.0 Å². The van der Waals surface area contributed by atoms with Gasteiger partial charge in [0.25, 0.3) is 0 Å². The van der Waals surface area contributed by atoms with Gasteiger partial charge in [0.1, 0.15) is 17.3 Å². The minimum Gasteiger partial charge on any atom is -0.474 e. The van der Waals surface area contributed by atoms with Gasteiger partial charge in [0.05, 0.1) is 18.6 Å². The van der Waals surface area contributed by atoms with E-state index in [0.717, 1.165) is 62.7 Å². The monoisotopic (exact) mass is 399 g/mol. The lowest BCUT2D eigenvalue weighted by Crippen LogP contribution is -2.46. The normalized spacial score (nSPS) is 28.4. The minimum atomic E-state index is 0.269. The highest BCUT2D eigenvalue weighted by Crippen LogP contribution is 2.47. The Hall–Kier alpha value is -1.50. The number of morpholine rings is 1. The van der Waals surface area contributed by atoms with Crippen molar-refractivity contribution in [2.45, 2.75) is 63.0 Å². The van der Waals surface area contributed by atoms with Crippen LogP contribution in [0.15, 0.2) is 19.0 Å². The Balaban J connectivity index is 1.31. The fourth-order valence-corrected chi connectivity index (χ4v) is 6.43. The van der Waals surface area contributed by atoms with Crippen LogP contribution in [0.2, 0.25) is 0 Å². The number of fused-ring (bicyclic) bond motifs is 3. The fraction of sp³-hybridized carbons (Fsp3) is 0.636. The summed E-state index contributed by atoms with van der Waals surface area (Å²) in [5.74, 6) is 1.36. The highest BCUT2D eigenvalue weighted by molar-refractivity contribution is 7.19. The number of hydrogen-bond acceptors (Lipinski definition) is 6. The number of thiophene rings is 1. The van der Waals surface area contributed by atoms with E-state index >= 15 is 0 Å². The molecule has 5 rings (SSSR count). The minimum absolute atomic E-state index is 0.269. The molecule has 0 amide bonds. The average Bonchev–Trinajstić information content (AvgIpc) is 3.30. The standard InChI is InChI=1S/C22H29N3O2S/c1-2-3-15-4-9-18-19(15)20-21(23-14-24-22(20)28-18)27-17-7-5-16(6-8-17)25-10-12-26-13-11-25/h2,14-17H,1,3-13H2/t15-,16?,17?/m0/s1. The predicted octanol–water partition coefficient (Wildman–Crippen LogP) is 4.32. The Morgan fingerprint density at radius 2 is 2.00 bits per heavy atom. The average molecular weight is 400 g/mol. The molecule has 0 N–H and O–H groups in total. The number of rotatable bonds is 5. The molecule has 2 fully saturated rings. The van der Waals surface area contributed by atoms with Gasteiger partial charge >= 0.3 is 0 Å². The molecule has 2 aromatic rings. The largest absolute Gasteiger partial charge is 0.474 e. The molecule has 1 atom stereocenters. The fourth-order valence-electron chi connectivity index (χ4n) is 5.20. The van der Waals surface area contributed by atoms with Gasteiger partial charge in [-0.15, -0.1) is 17.9 Å². The van der Waals surface area contributed by atoms with E-state index in [0.29, 0.717) is 12.0 Å². The van der Waals surface area contributed by atoms with E-state index in [9.17, 15) is 0 Å². The summed E-state index contributed by atoms with van der Waals surface area (Å²) in [6, 6.07) is 0.691. The number of hydrogen-bond donors (Lipinski definition) is 0. The van der Waals surface area contributed by atoms with Gasteiger partial charge in [-0.2, -0.15) is 0 Å². The highest BCUT2D eigenvalue weighted by Gasteiger charge is 2.31. The van der Waals surface area contributed by atoms with Crippen LogP contribution in [0.5, 0.6) is 5.88 Å². The van der Waals surface area contributed by atoms with Crippen LogP contribution >= 0.6 is 11.3 Å². The molecule has 3 aliphatic rings. The summed E-state index contributed by atoms with van der Waals surface area (Å²) in [5, 5.41) is 1.18. The lowest BCUT2D eigenvalue weighted by molar-refractivity contribution is -0.00126. The first-order valence-electron chi connectivity index (χ1n) is 10.7. The Morgan fingerprint density at radius 1 is 1.18 bits per heavy atom. The number of aryl methyl sites for hydroxylation is 1. The molecule has 0 radical (unpaired) electrons. The summed E-state index contributed by atoms with van der Waals surface area (Å²) >= 11 is 1.83. The van der Waals surface area contributed by atoms with Crippen molar-refractivity contribution < 1.29 is 9.47 Å². The molecule has 0 aromatic carbocycles. The second kappa shape index (κ2) is 8.09. The van der Waals surface area contributed by atoms with E-state index in [-0.39, 0.29) is 6.10 Å². The molecule has 1 saturated heterocycles. The van der Waals surface area contributed by atoms with E-state index in [1.807, 2.05) is 17.4 Å². The summed E-state index contributed by atoms with van der Waals surface area (Å²) in [7, 11) is 0. The zero-order valence-electron chi connectivity index (χ0n) is 16.4. The van der Waals surface area contributed by atoms with Gasteiger partial charge in [0.15, 0.2) is 0 Å². The van der Waals surface area contributed by atoms with Crippen molar-refractivity contribution in [2.75, 3.05) is 26.3 Å². The van der Waals surface area contributed by atoms with Crippen molar-refractivity contribution in [1.29, 1.82) is 0 Å². The van der Waals surface area contributed by atoms with Crippen LogP contribution in [0, 0.1) is 0 Å². The zero-order chi connectivity index (χ0) is 18.9. The molecular formula is C22H29N3O2S. The maximum Gasteiger partial charge on any atom is 0.225 e. The van der Waals surface area contributed by atoms with E-state index in [1.54, 1.807) is 6.33 Å². The Morgan fingerprint density at radius 3 is 2.79 bits per heavy atom. The Bertz CT molecular complexity index is 838. The van der Waals surface area contributed by atoms with Gasteiger partial charge in [0.2, 0.25) is 5.88 Å². The first-order chi connectivity index (χ1) is 13.8. The van der Waals surface area contributed by atoms with Gasteiger partial charge in [-0.05, 0) is 56.4 Å². The summed E-state index contributed by atoms with van der Waals surface area (Å²) < 4.78 is 12.0. The van der Waals surface area contributed by atoms with Crippen molar-refractivity contribution >= 4 is 21.6 Å². The maximum absolute atomic E-state index is 6.50. The highest BCUT2D eigenvalue weighted by atomic mass is 32.1. The number of ether oxygens (including phenoxy) is 2. The maximum atomic E-state index is 6.50. The van der Waals surface area contributed by atoms with E-state index in [4.69, 9.17) is 9.47 Å². The van der Waals surface area contributed by atoms with Crippen molar-refractivity contribution in [2.24, 2.45) is 0 Å². The topological polar surface area (TPSA) is 47.5 Å². The smallest absolute Gasteiger partial charge is 0.225 e. The first kappa shape index (κ1) is 18.5.